The third-order valence-electron chi connectivity index (χ3n) is 3.45. The van der Waals surface area contributed by atoms with Crippen molar-refractivity contribution in [3.05, 3.63) is 35.6 Å². The number of rotatable bonds is 6. The van der Waals surface area contributed by atoms with Crippen molar-refractivity contribution in [3.8, 4) is 0 Å². The number of benzene rings is 1. The zero-order valence-corrected chi connectivity index (χ0v) is 11.6. The van der Waals surface area contributed by atoms with Gasteiger partial charge < -0.3 is 9.73 Å². The van der Waals surface area contributed by atoms with E-state index < -0.39 is 0 Å². The SMILES string of the molecule is CCCC(C)NCc1c(CC)oc2ccccc12. The minimum absolute atomic E-state index is 0.563. The summed E-state index contributed by atoms with van der Waals surface area (Å²) in [6.45, 7) is 7.53. The summed E-state index contributed by atoms with van der Waals surface area (Å²) in [4.78, 5) is 0. The molecule has 1 N–H and O–H groups in total. The van der Waals surface area contributed by atoms with Crippen LogP contribution in [0.1, 0.15) is 44.9 Å². The zero-order chi connectivity index (χ0) is 13.0. The summed E-state index contributed by atoms with van der Waals surface area (Å²) in [5, 5.41) is 4.85. The second kappa shape index (κ2) is 6.05. The summed E-state index contributed by atoms with van der Waals surface area (Å²) in [7, 11) is 0. The molecule has 18 heavy (non-hydrogen) atoms. The van der Waals surface area contributed by atoms with Crippen LogP contribution in [0.15, 0.2) is 28.7 Å². The zero-order valence-electron chi connectivity index (χ0n) is 11.6. The quantitative estimate of drug-likeness (QED) is 0.822. The molecular weight excluding hydrogens is 222 g/mol. The van der Waals surface area contributed by atoms with Crippen LogP contribution in [0.3, 0.4) is 0 Å². The van der Waals surface area contributed by atoms with Gasteiger partial charge in [-0.2, -0.15) is 0 Å². The predicted octanol–water partition coefficient (Wildman–Crippen LogP) is 4.27. The first-order valence-corrected chi connectivity index (χ1v) is 6.98. The molecule has 0 radical (unpaired) electrons. The first kappa shape index (κ1) is 13.2. The number of hydrogen-bond acceptors (Lipinski definition) is 2. The largest absolute Gasteiger partial charge is 0.461 e. The number of para-hydroxylation sites is 1. The Morgan fingerprint density at radius 1 is 1.22 bits per heavy atom. The molecule has 0 aliphatic carbocycles. The molecule has 1 atom stereocenters. The van der Waals surface area contributed by atoms with Gasteiger partial charge in [-0.05, 0) is 19.4 Å². The summed E-state index contributed by atoms with van der Waals surface area (Å²) < 4.78 is 5.90. The molecule has 98 valence electrons. The van der Waals surface area contributed by atoms with Crippen LogP contribution in [0.2, 0.25) is 0 Å². The van der Waals surface area contributed by atoms with Gasteiger partial charge in [0.05, 0.1) is 0 Å². The second-order valence-corrected chi connectivity index (χ2v) is 4.92. The van der Waals surface area contributed by atoms with E-state index in [9.17, 15) is 0 Å². The van der Waals surface area contributed by atoms with Gasteiger partial charge in [0.25, 0.3) is 0 Å². The van der Waals surface area contributed by atoms with Crippen LogP contribution in [0.4, 0.5) is 0 Å². The summed E-state index contributed by atoms with van der Waals surface area (Å²) >= 11 is 0. The molecule has 0 saturated heterocycles. The van der Waals surface area contributed by atoms with E-state index in [1.165, 1.54) is 23.8 Å². The summed E-state index contributed by atoms with van der Waals surface area (Å²) in [5.41, 5.74) is 2.34. The van der Waals surface area contributed by atoms with E-state index in [-0.39, 0.29) is 0 Å². The predicted molar refractivity (Wildman–Crippen MR) is 76.8 cm³/mol. The smallest absolute Gasteiger partial charge is 0.134 e. The van der Waals surface area contributed by atoms with Crippen LogP contribution in [-0.2, 0) is 13.0 Å². The Morgan fingerprint density at radius 3 is 2.72 bits per heavy atom. The van der Waals surface area contributed by atoms with Crippen LogP contribution in [0.25, 0.3) is 11.0 Å². The average molecular weight is 245 g/mol. The lowest BCUT2D eigenvalue weighted by Crippen LogP contribution is -2.25. The van der Waals surface area contributed by atoms with Crippen molar-refractivity contribution in [2.45, 2.75) is 52.6 Å². The van der Waals surface area contributed by atoms with Crippen molar-refractivity contribution >= 4 is 11.0 Å². The van der Waals surface area contributed by atoms with Crippen LogP contribution in [-0.4, -0.2) is 6.04 Å². The lowest BCUT2D eigenvalue weighted by atomic mass is 10.1. The summed E-state index contributed by atoms with van der Waals surface area (Å²) in [6, 6.07) is 8.87. The van der Waals surface area contributed by atoms with E-state index in [0.29, 0.717) is 6.04 Å². The van der Waals surface area contributed by atoms with Crippen LogP contribution in [0, 0.1) is 0 Å². The number of aryl methyl sites for hydroxylation is 1. The molecule has 1 heterocycles. The molecule has 2 nitrogen and oxygen atoms in total. The van der Waals surface area contributed by atoms with Crippen LogP contribution < -0.4 is 5.32 Å². The fourth-order valence-electron chi connectivity index (χ4n) is 2.44. The minimum atomic E-state index is 0.563. The van der Waals surface area contributed by atoms with E-state index in [1.807, 2.05) is 12.1 Å². The van der Waals surface area contributed by atoms with Crippen molar-refractivity contribution in [1.29, 1.82) is 0 Å². The van der Waals surface area contributed by atoms with Gasteiger partial charge in [0.2, 0.25) is 0 Å². The van der Waals surface area contributed by atoms with Gasteiger partial charge in [0.15, 0.2) is 0 Å². The number of nitrogens with one attached hydrogen (secondary N) is 1. The van der Waals surface area contributed by atoms with Crippen LogP contribution >= 0.6 is 0 Å². The van der Waals surface area contributed by atoms with Crippen LogP contribution in [0.5, 0.6) is 0 Å². The summed E-state index contributed by atoms with van der Waals surface area (Å²) in [6.07, 6.45) is 3.39. The third-order valence-corrected chi connectivity index (χ3v) is 3.45. The number of furan rings is 1. The van der Waals surface area contributed by atoms with Gasteiger partial charge in [0, 0.05) is 30.0 Å². The minimum Gasteiger partial charge on any atom is -0.461 e. The first-order valence-electron chi connectivity index (χ1n) is 6.98. The Hall–Kier alpha value is -1.28. The maximum absolute atomic E-state index is 5.90. The maximum atomic E-state index is 5.90. The Labute approximate surface area is 109 Å². The number of hydrogen-bond donors (Lipinski definition) is 1. The molecular formula is C16H23NO. The molecule has 1 unspecified atom stereocenters. The van der Waals surface area contributed by atoms with E-state index in [0.717, 1.165) is 24.3 Å². The molecule has 0 fully saturated rings. The molecule has 0 bridgehead atoms. The van der Waals surface area contributed by atoms with Crippen molar-refractivity contribution < 1.29 is 4.42 Å². The van der Waals surface area contributed by atoms with Gasteiger partial charge in [-0.3, -0.25) is 0 Å². The van der Waals surface area contributed by atoms with Gasteiger partial charge in [0.1, 0.15) is 11.3 Å². The highest BCUT2D eigenvalue weighted by Gasteiger charge is 2.12. The van der Waals surface area contributed by atoms with Gasteiger partial charge in [-0.25, -0.2) is 0 Å². The lowest BCUT2D eigenvalue weighted by molar-refractivity contribution is 0.497. The molecule has 2 heteroatoms. The molecule has 1 aromatic carbocycles. The Morgan fingerprint density at radius 2 is 2.00 bits per heavy atom. The molecule has 0 amide bonds. The fraction of sp³-hybridized carbons (Fsp3) is 0.500. The highest BCUT2D eigenvalue weighted by Crippen LogP contribution is 2.26. The standard InChI is InChI=1S/C16H23NO/c1-4-8-12(3)17-11-14-13-9-6-7-10-16(13)18-15(14)5-2/h6-7,9-10,12,17H,4-5,8,11H2,1-3H3. The third kappa shape index (κ3) is 2.75. The van der Waals surface area contributed by atoms with E-state index in [4.69, 9.17) is 4.42 Å². The monoisotopic (exact) mass is 245 g/mol. The molecule has 1 aromatic heterocycles. The topological polar surface area (TPSA) is 25.2 Å². The maximum Gasteiger partial charge on any atom is 0.134 e. The van der Waals surface area contributed by atoms with Gasteiger partial charge >= 0.3 is 0 Å². The fourth-order valence-corrected chi connectivity index (χ4v) is 2.44. The Kier molecular flexibility index (Phi) is 4.43. The Bertz CT molecular complexity index is 501. The van der Waals surface area contributed by atoms with Crippen molar-refractivity contribution in [2.75, 3.05) is 0 Å². The van der Waals surface area contributed by atoms with Crippen molar-refractivity contribution in [2.24, 2.45) is 0 Å². The summed E-state index contributed by atoms with van der Waals surface area (Å²) in [5.74, 6) is 1.12. The normalized spacial score (nSPS) is 13.1. The average Bonchev–Trinajstić information content (AvgIpc) is 2.74. The molecule has 2 rings (SSSR count). The van der Waals surface area contributed by atoms with E-state index in [1.54, 1.807) is 0 Å². The van der Waals surface area contributed by atoms with E-state index in [2.05, 4.69) is 38.2 Å². The molecule has 0 aliphatic heterocycles. The van der Waals surface area contributed by atoms with Crippen molar-refractivity contribution in [1.82, 2.24) is 5.32 Å². The van der Waals surface area contributed by atoms with E-state index >= 15 is 0 Å². The highest BCUT2D eigenvalue weighted by molar-refractivity contribution is 5.82. The molecule has 0 saturated carbocycles. The lowest BCUT2D eigenvalue weighted by Gasteiger charge is -2.12. The number of fused-ring (bicyclic) bond motifs is 1. The highest BCUT2D eigenvalue weighted by atomic mass is 16.3. The molecule has 0 aliphatic rings. The first-order chi connectivity index (χ1) is 8.76. The van der Waals surface area contributed by atoms with Gasteiger partial charge in [-0.15, -0.1) is 0 Å². The molecule has 2 aromatic rings. The molecule has 0 spiro atoms. The second-order valence-electron chi connectivity index (χ2n) is 4.92. The van der Waals surface area contributed by atoms with Crippen molar-refractivity contribution in [3.63, 3.8) is 0 Å². The Balaban J connectivity index is 2.20. The van der Waals surface area contributed by atoms with Gasteiger partial charge in [-0.1, -0.05) is 38.5 Å².